The number of ether oxygens (including phenoxy) is 4. The van der Waals surface area contributed by atoms with Crippen LogP contribution in [0.3, 0.4) is 0 Å². The number of imide groups is 1. The Morgan fingerprint density at radius 2 is 1.54 bits per heavy atom. The van der Waals surface area contributed by atoms with Crippen LogP contribution < -0.4 is 42.8 Å². The maximum Gasteiger partial charge on any atom is 0.313 e. The minimum atomic E-state index is -1.19. The van der Waals surface area contributed by atoms with Crippen molar-refractivity contribution in [2.24, 2.45) is 0 Å². The molecule has 1 aliphatic carbocycles. The molecule has 0 saturated carbocycles. The number of esters is 1. The average molecular weight is 1180 g/mol. The van der Waals surface area contributed by atoms with Crippen molar-refractivity contribution in [3.8, 4) is 11.4 Å². The van der Waals surface area contributed by atoms with E-state index in [1.165, 1.54) is 6.07 Å². The van der Waals surface area contributed by atoms with Crippen molar-refractivity contribution in [3.63, 3.8) is 0 Å². The first kappa shape index (κ1) is 65.9. The summed E-state index contributed by atoms with van der Waals surface area (Å²) in [5.74, 6) is -7.03. The molecule has 0 saturated heterocycles. The highest BCUT2D eigenvalue weighted by Crippen LogP contribution is 2.45. The Hall–Kier alpha value is -8.26. The van der Waals surface area contributed by atoms with Crippen LogP contribution in [0.25, 0.3) is 22.3 Å². The summed E-state index contributed by atoms with van der Waals surface area (Å²) in [5, 5.41) is 18.8. The molecular formula is C60H77FN10O14. The highest BCUT2D eigenvalue weighted by Gasteiger charge is 2.38. The average Bonchev–Trinajstić information content (AvgIpc) is 1.91. The van der Waals surface area contributed by atoms with Crippen LogP contribution in [0.4, 0.5) is 4.39 Å². The minimum Gasteiger partial charge on any atom is -0.460 e. The number of halogens is 1. The van der Waals surface area contributed by atoms with Crippen molar-refractivity contribution >= 4 is 64.1 Å². The summed E-state index contributed by atoms with van der Waals surface area (Å²) in [6, 6.07) is 10.1. The van der Waals surface area contributed by atoms with Gasteiger partial charge in [-0.05, 0) is 94.3 Å². The highest BCUT2D eigenvalue weighted by atomic mass is 19.1. The van der Waals surface area contributed by atoms with Crippen molar-refractivity contribution < 1.29 is 66.5 Å². The number of hydrogen-bond acceptors (Lipinski definition) is 16. The number of aryl methyl sites for hydroxylation is 1. The number of nitrogens with one attached hydrogen (secondary N) is 7. The summed E-state index contributed by atoms with van der Waals surface area (Å²) in [7, 11) is 3.66. The van der Waals surface area contributed by atoms with Gasteiger partial charge in [-0.2, -0.15) is 0 Å². The van der Waals surface area contributed by atoms with Gasteiger partial charge in [0.15, 0.2) is 0 Å². The number of nitrogens with zero attached hydrogens (tertiary/aromatic N) is 3. The smallest absolute Gasteiger partial charge is 0.313 e. The highest BCUT2D eigenvalue weighted by molar-refractivity contribution is 6.14. The van der Waals surface area contributed by atoms with Gasteiger partial charge in [0, 0.05) is 55.9 Å². The van der Waals surface area contributed by atoms with E-state index < -0.39 is 117 Å². The second-order valence-corrected chi connectivity index (χ2v) is 21.0. The molecule has 2 aromatic heterocycles. The molecule has 0 spiro atoms. The number of benzene rings is 2. The number of likely N-dealkylation sites (N-methyl/N-ethyl adjacent to an activating group) is 1. The second kappa shape index (κ2) is 30.5. The van der Waals surface area contributed by atoms with Gasteiger partial charge in [0.2, 0.25) is 35.4 Å². The van der Waals surface area contributed by atoms with Gasteiger partial charge in [-0.25, -0.2) is 9.37 Å². The van der Waals surface area contributed by atoms with E-state index in [4.69, 9.17) is 23.9 Å². The predicted octanol–water partition coefficient (Wildman–Crippen LogP) is 2.07. The molecule has 85 heavy (non-hydrogen) atoms. The van der Waals surface area contributed by atoms with Crippen molar-refractivity contribution in [1.29, 1.82) is 0 Å². The van der Waals surface area contributed by atoms with Gasteiger partial charge in [-0.3, -0.25) is 52.8 Å². The molecule has 4 aromatic rings. The summed E-state index contributed by atoms with van der Waals surface area (Å²) in [6.07, 6.45) is 4.54. The number of amides is 8. The molecule has 4 atom stereocenters. The number of pyridine rings is 2. The van der Waals surface area contributed by atoms with E-state index >= 15 is 4.39 Å². The SMILES string of the molecule is CC.CC[C@H]1C(=O)OCc2c1cc1n(c2=O)Cc2c-1nc1cc(F)c(C)c3c1c2[C@@H](NC(=O)COCNC(=O)CNC(=O)[C@H](Cc1ccccc1)NC(=O)CNC(=O)CNC(=O)CN1C(=O)C=CC1=O)CC3.CNCC(C)(C)OCCC(C)OC. The standard InChI is InChI=1S/C48H48FN9O12.C10H23NO2.C2H6/c1-3-26-28-14-35-45-29(19-57(35)47(67)30(28)21-70-48(26)68)44-32(10-9-27-24(2)31(49)15-33(56-45)43(27)44)54-40(63)22-69-23-53-37(60)17-52-46(66)34(13-25-7-5-4-6-8-25)55-38(61)18-50-36(59)16-51-39(62)20-58-41(64)11-12-42(58)65;1-9(12-5)6-7-13-10(2,3)8-11-4;1-2/h4-8,11-12,14-15,26,32,34H,3,9-10,13,16-23H2,1-2H3,(H,50,59)(H,51,62)(H,52,66)(H,53,60)(H,54,63)(H,55,61);9,11H,6-8H2,1-5H3;1-2H3/t26-,32+,34+;;/m1../s1. The molecular weight excluding hydrogens is 1100 g/mol. The molecule has 1 unspecified atom stereocenters. The Bertz CT molecular complexity index is 3240. The van der Waals surface area contributed by atoms with Crippen molar-refractivity contribution in [2.45, 2.75) is 123 Å². The van der Waals surface area contributed by atoms with Gasteiger partial charge in [0.25, 0.3) is 17.4 Å². The lowest BCUT2D eigenvalue weighted by Gasteiger charge is -2.29. The molecule has 4 aliphatic rings. The molecule has 3 aliphatic heterocycles. The van der Waals surface area contributed by atoms with Crippen molar-refractivity contribution in [1.82, 2.24) is 51.7 Å². The number of fused-ring (bicyclic) bond motifs is 5. The van der Waals surface area contributed by atoms with Gasteiger partial charge in [-0.1, -0.05) is 51.1 Å². The molecule has 2 aromatic carbocycles. The Morgan fingerprint density at radius 3 is 2.22 bits per heavy atom. The predicted molar refractivity (Wildman–Crippen MR) is 310 cm³/mol. The zero-order valence-electron chi connectivity index (χ0n) is 49.5. The first-order valence-electron chi connectivity index (χ1n) is 28.3. The summed E-state index contributed by atoms with van der Waals surface area (Å²) in [6.45, 7) is 12.2. The van der Waals surface area contributed by atoms with E-state index in [1.54, 1.807) is 55.0 Å². The molecule has 0 fully saturated rings. The van der Waals surface area contributed by atoms with E-state index in [1.807, 2.05) is 27.8 Å². The van der Waals surface area contributed by atoms with E-state index in [0.717, 1.165) is 37.3 Å². The minimum absolute atomic E-state index is 0.0201. The molecule has 25 heteroatoms. The normalized spacial score (nSPS) is 16.0. The molecule has 0 bridgehead atoms. The Kier molecular flexibility index (Phi) is 23.7. The zero-order chi connectivity index (χ0) is 62.1. The van der Waals surface area contributed by atoms with E-state index in [-0.39, 0.29) is 36.8 Å². The number of aromatic nitrogens is 2. The first-order chi connectivity index (χ1) is 40.6. The zero-order valence-corrected chi connectivity index (χ0v) is 49.5. The number of hydrogen-bond donors (Lipinski definition) is 7. The topological polar surface area (TPSA) is 313 Å². The molecule has 24 nitrogen and oxygen atoms in total. The van der Waals surface area contributed by atoms with E-state index in [0.29, 0.717) is 79.8 Å². The van der Waals surface area contributed by atoms with E-state index in [9.17, 15) is 47.9 Å². The number of rotatable bonds is 25. The Morgan fingerprint density at radius 1 is 0.871 bits per heavy atom. The number of carbonyl (C=O) groups excluding carboxylic acids is 9. The largest absolute Gasteiger partial charge is 0.460 e. The van der Waals surface area contributed by atoms with Gasteiger partial charge < -0.3 is 60.7 Å². The Labute approximate surface area is 492 Å². The van der Waals surface area contributed by atoms with E-state index in [2.05, 4.69) is 58.0 Å². The Balaban J connectivity index is 0.000000683. The van der Waals surface area contributed by atoms with Crippen LogP contribution in [-0.2, 0) is 88.1 Å². The third kappa shape index (κ3) is 17.0. The second-order valence-electron chi connectivity index (χ2n) is 21.0. The summed E-state index contributed by atoms with van der Waals surface area (Å²) in [4.78, 5) is 132. The van der Waals surface area contributed by atoms with Crippen molar-refractivity contribution in [3.05, 3.63) is 110 Å². The lowest BCUT2D eigenvalue weighted by atomic mass is 9.81. The third-order valence-corrected chi connectivity index (χ3v) is 14.6. The molecule has 7 N–H and O–H groups in total. The van der Waals surface area contributed by atoms with Crippen LogP contribution in [0.15, 0.2) is 59.4 Å². The molecule has 0 radical (unpaired) electrons. The monoisotopic (exact) mass is 1180 g/mol. The summed E-state index contributed by atoms with van der Waals surface area (Å²) in [5.41, 5.74) is 5.22. The third-order valence-electron chi connectivity index (χ3n) is 14.6. The van der Waals surface area contributed by atoms with Crippen LogP contribution in [0.2, 0.25) is 0 Å². The summed E-state index contributed by atoms with van der Waals surface area (Å²) >= 11 is 0. The maximum absolute atomic E-state index is 15.3. The lowest BCUT2D eigenvalue weighted by molar-refractivity contribution is -0.148. The maximum atomic E-state index is 15.3. The number of carbonyl (C=O) groups is 9. The van der Waals surface area contributed by atoms with Crippen LogP contribution >= 0.6 is 0 Å². The lowest BCUT2D eigenvalue weighted by Crippen LogP contribution is -2.52. The van der Waals surface area contributed by atoms with Crippen LogP contribution in [0.5, 0.6) is 0 Å². The summed E-state index contributed by atoms with van der Waals surface area (Å²) < 4.78 is 38.6. The van der Waals surface area contributed by atoms with Crippen LogP contribution in [0.1, 0.15) is 112 Å². The number of cyclic esters (lactones) is 1. The molecule has 8 rings (SSSR count). The molecule has 8 amide bonds. The van der Waals surface area contributed by atoms with Crippen LogP contribution in [0, 0.1) is 12.7 Å². The molecule has 5 heterocycles. The number of methoxy groups -OCH3 is 1. The van der Waals surface area contributed by atoms with Crippen molar-refractivity contribution in [2.75, 3.05) is 66.8 Å². The fourth-order valence-electron chi connectivity index (χ4n) is 10.2. The first-order valence-corrected chi connectivity index (χ1v) is 28.3. The van der Waals surface area contributed by atoms with Gasteiger partial charge in [0.1, 0.15) is 38.3 Å². The van der Waals surface area contributed by atoms with Gasteiger partial charge >= 0.3 is 5.97 Å². The fraction of sp³-hybridized carbons (Fsp3) is 0.483. The molecule has 458 valence electrons. The van der Waals surface area contributed by atoms with Crippen LogP contribution in [-0.4, -0.2) is 152 Å². The van der Waals surface area contributed by atoms with Gasteiger partial charge in [-0.15, -0.1) is 0 Å². The fourth-order valence-corrected chi connectivity index (χ4v) is 10.2. The quantitative estimate of drug-likeness (QED) is 0.0190. The van der Waals surface area contributed by atoms with Gasteiger partial charge in [0.05, 0.1) is 72.3 Å².